The number of halogens is 2. The summed E-state index contributed by atoms with van der Waals surface area (Å²) in [6.45, 7) is 0. The number of benzene rings is 3. The molecule has 0 aliphatic carbocycles. The zero-order valence-corrected chi connectivity index (χ0v) is 15.7. The van der Waals surface area contributed by atoms with Crippen LogP contribution in [0.15, 0.2) is 65.6 Å². The number of aromatic nitrogens is 2. The fourth-order valence-electron chi connectivity index (χ4n) is 3.02. The van der Waals surface area contributed by atoms with Gasteiger partial charge in [0.1, 0.15) is 5.82 Å². The first-order valence-corrected chi connectivity index (χ1v) is 10.1. The highest BCUT2D eigenvalue weighted by Gasteiger charge is 2.15. The van der Waals surface area contributed by atoms with Crippen molar-refractivity contribution in [3.8, 4) is 11.1 Å². The molecule has 0 spiro atoms. The summed E-state index contributed by atoms with van der Waals surface area (Å²) in [5, 5.41) is 5.32. The van der Waals surface area contributed by atoms with E-state index in [9.17, 15) is 17.2 Å². The molecule has 0 bridgehead atoms. The van der Waals surface area contributed by atoms with Crippen LogP contribution in [0, 0.1) is 11.6 Å². The fourth-order valence-corrected chi connectivity index (χ4v) is 3.78. The van der Waals surface area contributed by atoms with Crippen LogP contribution in [0.2, 0.25) is 0 Å². The van der Waals surface area contributed by atoms with Crippen LogP contribution in [-0.2, 0) is 10.0 Å². The molecule has 0 amide bonds. The van der Waals surface area contributed by atoms with E-state index < -0.39 is 21.7 Å². The van der Waals surface area contributed by atoms with Crippen molar-refractivity contribution in [2.24, 2.45) is 5.14 Å². The predicted octanol–water partition coefficient (Wildman–Crippen LogP) is 4.33. The summed E-state index contributed by atoms with van der Waals surface area (Å²) in [4.78, 5) is 7.60. The minimum Gasteiger partial charge on any atom is -0.338 e. The Kier molecular flexibility index (Phi) is 4.73. The van der Waals surface area contributed by atoms with Crippen LogP contribution in [0.3, 0.4) is 0 Å². The molecule has 0 saturated carbocycles. The summed E-state index contributed by atoms with van der Waals surface area (Å²) in [5.74, 6) is -1.31. The SMILES string of the molecule is NS(=O)(=O)c1ccccc1-c1ccc2[nH]c(/C=C/c3ccc(F)c(F)c3)nc2c1. The van der Waals surface area contributed by atoms with Gasteiger partial charge in [0.25, 0.3) is 0 Å². The number of aromatic amines is 1. The van der Waals surface area contributed by atoms with E-state index in [0.717, 1.165) is 17.6 Å². The van der Waals surface area contributed by atoms with Crippen LogP contribution in [0.5, 0.6) is 0 Å². The Bertz CT molecular complexity index is 1360. The Balaban J connectivity index is 1.70. The van der Waals surface area contributed by atoms with E-state index >= 15 is 0 Å². The molecule has 0 saturated heterocycles. The highest BCUT2D eigenvalue weighted by Crippen LogP contribution is 2.29. The second kappa shape index (κ2) is 7.23. The third kappa shape index (κ3) is 3.94. The number of imidazole rings is 1. The van der Waals surface area contributed by atoms with Gasteiger partial charge >= 0.3 is 0 Å². The van der Waals surface area contributed by atoms with Crippen molar-refractivity contribution in [3.05, 3.63) is 83.7 Å². The summed E-state index contributed by atoms with van der Waals surface area (Å²) in [6, 6.07) is 15.4. The van der Waals surface area contributed by atoms with Gasteiger partial charge in [0, 0.05) is 5.56 Å². The van der Waals surface area contributed by atoms with Gasteiger partial charge in [-0.3, -0.25) is 0 Å². The number of primary sulfonamides is 1. The van der Waals surface area contributed by atoms with Crippen molar-refractivity contribution >= 4 is 33.2 Å². The van der Waals surface area contributed by atoms with Gasteiger partial charge in [0.2, 0.25) is 10.0 Å². The lowest BCUT2D eigenvalue weighted by atomic mass is 10.1. The first kappa shape index (κ1) is 19.0. The first-order valence-electron chi connectivity index (χ1n) is 8.56. The van der Waals surface area contributed by atoms with Crippen LogP contribution in [0.4, 0.5) is 8.78 Å². The third-order valence-corrected chi connectivity index (χ3v) is 5.35. The number of sulfonamides is 1. The van der Waals surface area contributed by atoms with Crippen LogP contribution >= 0.6 is 0 Å². The first-order chi connectivity index (χ1) is 13.8. The van der Waals surface area contributed by atoms with Gasteiger partial charge in [-0.05, 0) is 47.5 Å². The predicted molar refractivity (Wildman–Crippen MR) is 108 cm³/mol. The van der Waals surface area contributed by atoms with Gasteiger partial charge in [-0.1, -0.05) is 36.4 Å². The van der Waals surface area contributed by atoms with Crippen LogP contribution in [0.25, 0.3) is 34.3 Å². The quantitative estimate of drug-likeness (QED) is 0.524. The molecule has 146 valence electrons. The van der Waals surface area contributed by atoms with Crippen molar-refractivity contribution < 1.29 is 17.2 Å². The Hall–Kier alpha value is -3.36. The molecule has 5 nitrogen and oxygen atoms in total. The number of fused-ring (bicyclic) bond motifs is 1. The Morgan fingerprint density at radius 2 is 1.72 bits per heavy atom. The Morgan fingerprint density at radius 1 is 0.931 bits per heavy atom. The molecular weight excluding hydrogens is 396 g/mol. The number of nitrogens with one attached hydrogen (secondary N) is 1. The topological polar surface area (TPSA) is 88.8 Å². The molecule has 3 aromatic carbocycles. The van der Waals surface area contributed by atoms with E-state index in [0.29, 0.717) is 28.0 Å². The van der Waals surface area contributed by atoms with Crippen molar-refractivity contribution in [1.29, 1.82) is 0 Å². The standard InChI is InChI=1S/C21H15F2N3O2S/c22-16-8-5-13(11-17(16)23)6-10-21-25-18-9-7-14(12-19(18)26-21)15-3-1-2-4-20(15)29(24,27)28/h1-12H,(H,25,26)(H2,24,27,28)/b10-6+. The number of hydrogen-bond donors (Lipinski definition) is 2. The normalized spacial score (nSPS) is 12.1. The average Bonchev–Trinajstić information content (AvgIpc) is 3.10. The molecule has 0 aliphatic heterocycles. The average molecular weight is 411 g/mol. The van der Waals surface area contributed by atoms with Crippen LogP contribution < -0.4 is 5.14 Å². The number of nitrogens with two attached hydrogens (primary N) is 1. The molecular formula is C21H15F2N3O2S. The van der Waals surface area contributed by atoms with E-state index in [1.807, 2.05) is 0 Å². The van der Waals surface area contributed by atoms with Gasteiger partial charge in [0.15, 0.2) is 11.6 Å². The van der Waals surface area contributed by atoms with Gasteiger partial charge in [-0.15, -0.1) is 0 Å². The molecule has 0 fully saturated rings. The summed E-state index contributed by atoms with van der Waals surface area (Å²) in [7, 11) is -3.87. The van der Waals surface area contributed by atoms with Gasteiger partial charge in [-0.25, -0.2) is 27.3 Å². The lowest BCUT2D eigenvalue weighted by Crippen LogP contribution is -2.13. The van der Waals surface area contributed by atoms with Crippen molar-refractivity contribution in [1.82, 2.24) is 9.97 Å². The van der Waals surface area contributed by atoms with E-state index in [4.69, 9.17) is 5.14 Å². The maximum absolute atomic E-state index is 13.3. The van der Waals surface area contributed by atoms with Crippen molar-refractivity contribution in [2.75, 3.05) is 0 Å². The molecule has 0 atom stereocenters. The number of rotatable bonds is 4. The second-order valence-corrected chi connectivity index (χ2v) is 7.93. The van der Waals surface area contributed by atoms with E-state index in [1.54, 1.807) is 48.6 Å². The zero-order valence-electron chi connectivity index (χ0n) is 14.9. The molecule has 1 heterocycles. The summed E-state index contributed by atoms with van der Waals surface area (Å²) >= 11 is 0. The third-order valence-electron chi connectivity index (χ3n) is 4.38. The monoisotopic (exact) mass is 411 g/mol. The molecule has 0 aliphatic rings. The number of H-pyrrole nitrogens is 1. The number of hydrogen-bond acceptors (Lipinski definition) is 3. The maximum Gasteiger partial charge on any atom is 0.238 e. The second-order valence-electron chi connectivity index (χ2n) is 6.40. The highest BCUT2D eigenvalue weighted by atomic mass is 32.2. The minimum atomic E-state index is -3.87. The molecule has 3 N–H and O–H groups in total. The van der Waals surface area contributed by atoms with E-state index in [-0.39, 0.29) is 4.90 Å². The molecule has 8 heteroatoms. The summed E-state index contributed by atoms with van der Waals surface area (Å²) in [6.07, 6.45) is 3.25. The fraction of sp³-hybridized carbons (Fsp3) is 0. The molecule has 0 unspecified atom stereocenters. The molecule has 4 rings (SSSR count). The van der Waals surface area contributed by atoms with Gasteiger partial charge < -0.3 is 4.98 Å². The highest BCUT2D eigenvalue weighted by molar-refractivity contribution is 7.89. The van der Waals surface area contributed by atoms with Crippen molar-refractivity contribution in [2.45, 2.75) is 4.90 Å². The van der Waals surface area contributed by atoms with Crippen LogP contribution in [0.1, 0.15) is 11.4 Å². The maximum atomic E-state index is 13.3. The van der Waals surface area contributed by atoms with E-state index in [2.05, 4.69) is 9.97 Å². The lowest BCUT2D eigenvalue weighted by molar-refractivity contribution is 0.508. The molecule has 29 heavy (non-hydrogen) atoms. The van der Waals surface area contributed by atoms with Gasteiger partial charge in [0.05, 0.1) is 15.9 Å². The smallest absolute Gasteiger partial charge is 0.238 e. The molecule has 0 radical (unpaired) electrons. The lowest BCUT2D eigenvalue weighted by Gasteiger charge is -2.07. The van der Waals surface area contributed by atoms with E-state index in [1.165, 1.54) is 12.1 Å². The molecule has 1 aromatic heterocycles. The summed E-state index contributed by atoms with van der Waals surface area (Å²) < 4.78 is 50.0. The number of nitrogens with zero attached hydrogens (tertiary/aromatic N) is 1. The molecule has 4 aromatic rings. The Morgan fingerprint density at radius 3 is 2.48 bits per heavy atom. The minimum absolute atomic E-state index is 0.0355. The van der Waals surface area contributed by atoms with Gasteiger partial charge in [-0.2, -0.15) is 0 Å². The summed E-state index contributed by atoms with van der Waals surface area (Å²) in [5.41, 5.74) is 3.00. The largest absolute Gasteiger partial charge is 0.338 e. The van der Waals surface area contributed by atoms with Crippen molar-refractivity contribution in [3.63, 3.8) is 0 Å². The van der Waals surface area contributed by atoms with Crippen LogP contribution in [-0.4, -0.2) is 18.4 Å². The zero-order chi connectivity index (χ0) is 20.6. The Labute approximate surface area is 165 Å².